The van der Waals surface area contributed by atoms with Crippen LogP contribution in [0.2, 0.25) is 0 Å². The number of hydrazone groups is 1. The van der Waals surface area contributed by atoms with Crippen LogP contribution >= 0.6 is 0 Å². The van der Waals surface area contributed by atoms with Gasteiger partial charge in [-0.25, -0.2) is 10.2 Å². The first-order chi connectivity index (χ1) is 10.2. The largest absolute Gasteiger partial charge is 0.465 e. The van der Waals surface area contributed by atoms with Crippen molar-refractivity contribution in [2.45, 2.75) is 26.3 Å². The van der Waals surface area contributed by atoms with Gasteiger partial charge in [0.15, 0.2) is 0 Å². The van der Waals surface area contributed by atoms with Crippen LogP contribution in [-0.2, 0) is 14.3 Å². The van der Waals surface area contributed by atoms with Crippen molar-refractivity contribution in [1.82, 2.24) is 10.7 Å². The summed E-state index contributed by atoms with van der Waals surface area (Å²) < 4.78 is 4.58. The van der Waals surface area contributed by atoms with Crippen molar-refractivity contribution >= 4 is 24.0 Å². The van der Waals surface area contributed by atoms with E-state index in [1.165, 1.54) is 13.3 Å². The van der Waals surface area contributed by atoms with E-state index in [0.717, 1.165) is 0 Å². The van der Waals surface area contributed by atoms with Gasteiger partial charge in [-0.1, -0.05) is 12.1 Å². The lowest BCUT2D eigenvalue weighted by Crippen LogP contribution is -2.47. The van der Waals surface area contributed by atoms with Crippen LogP contribution in [0.5, 0.6) is 0 Å². The molecule has 1 rings (SSSR count). The average molecular weight is 305 g/mol. The minimum atomic E-state index is -0.850. The van der Waals surface area contributed by atoms with Crippen molar-refractivity contribution in [2.75, 3.05) is 7.11 Å². The standard InChI is InChI=1S/C15H19N3O4/c1-15(2,3)17-12(19)13(20)18-16-9-10-5-7-11(8-6-10)14(21)22-4/h5-9H,1-4H3,(H,17,19)(H,18,20)/b16-9+. The van der Waals surface area contributed by atoms with Gasteiger partial charge in [0.25, 0.3) is 0 Å². The fraction of sp³-hybridized carbons (Fsp3) is 0.333. The van der Waals surface area contributed by atoms with Gasteiger partial charge in [-0.05, 0) is 38.5 Å². The lowest BCUT2D eigenvalue weighted by molar-refractivity contribution is -0.140. The second-order valence-electron chi connectivity index (χ2n) is 5.52. The molecule has 118 valence electrons. The maximum atomic E-state index is 11.5. The van der Waals surface area contributed by atoms with Crippen LogP contribution in [0, 0.1) is 0 Å². The molecule has 0 spiro atoms. The van der Waals surface area contributed by atoms with Crippen LogP contribution < -0.4 is 10.7 Å². The predicted molar refractivity (Wildman–Crippen MR) is 81.4 cm³/mol. The molecule has 2 N–H and O–H groups in total. The summed E-state index contributed by atoms with van der Waals surface area (Å²) in [5.74, 6) is -2.04. The lowest BCUT2D eigenvalue weighted by Gasteiger charge is -2.19. The molecule has 0 aliphatic heterocycles. The van der Waals surface area contributed by atoms with Crippen LogP contribution in [0.15, 0.2) is 29.4 Å². The second-order valence-corrected chi connectivity index (χ2v) is 5.52. The van der Waals surface area contributed by atoms with E-state index in [4.69, 9.17) is 0 Å². The Hall–Kier alpha value is -2.70. The van der Waals surface area contributed by atoms with Crippen LogP contribution in [0.3, 0.4) is 0 Å². The molecule has 0 unspecified atom stereocenters. The fourth-order valence-corrected chi connectivity index (χ4v) is 1.44. The van der Waals surface area contributed by atoms with Crippen molar-refractivity contribution < 1.29 is 19.1 Å². The number of rotatable bonds is 3. The average Bonchev–Trinajstić information content (AvgIpc) is 2.45. The van der Waals surface area contributed by atoms with E-state index in [2.05, 4.69) is 20.6 Å². The Morgan fingerprint density at radius 3 is 2.18 bits per heavy atom. The molecule has 0 fully saturated rings. The van der Waals surface area contributed by atoms with Gasteiger partial charge < -0.3 is 10.1 Å². The third kappa shape index (κ3) is 5.74. The first kappa shape index (κ1) is 17.4. The molecule has 0 aliphatic rings. The number of hydrogen-bond donors (Lipinski definition) is 2. The highest BCUT2D eigenvalue weighted by atomic mass is 16.5. The van der Waals surface area contributed by atoms with Crippen LogP contribution in [0.25, 0.3) is 0 Å². The van der Waals surface area contributed by atoms with Gasteiger partial charge in [-0.15, -0.1) is 0 Å². The number of hydrogen-bond acceptors (Lipinski definition) is 5. The monoisotopic (exact) mass is 305 g/mol. The molecule has 1 aromatic carbocycles. The summed E-state index contributed by atoms with van der Waals surface area (Å²) in [6, 6.07) is 6.41. The zero-order valence-electron chi connectivity index (χ0n) is 13.0. The van der Waals surface area contributed by atoms with Crippen molar-refractivity contribution in [3.8, 4) is 0 Å². The molecule has 2 amide bonds. The Bertz CT molecular complexity index is 586. The molecule has 0 saturated heterocycles. The number of esters is 1. The minimum Gasteiger partial charge on any atom is -0.465 e. The second kappa shape index (κ2) is 7.35. The third-order valence-corrected chi connectivity index (χ3v) is 2.41. The molecule has 0 bridgehead atoms. The summed E-state index contributed by atoms with van der Waals surface area (Å²) in [5, 5.41) is 6.20. The number of ether oxygens (including phenoxy) is 1. The number of amides is 2. The van der Waals surface area contributed by atoms with E-state index in [1.54, 1.807) is 45.0 Å². The third-order valence-electron chi connectivity index (χ3n) is 2.41. The molecule has 0 atom stereocenters. The van der Waals surface area contributed by atoms with Crippen molar-refractivity contribution in [2.24, 2.45) is 5.10 Å². The SMILES string of the molecule is COC(=O)c1ccc(/C=N/NC(=O)C(=O)NC(C)(C)C)cc1. The van der Waals surface area contributed by atoms with Crippen LogP contribution in [0.4, 0.5) is 0 Å². The molecule has 7 heteroatoms. The summed E-state index contributed by atoms with van der Waals surface area (Å²) >= 11 is 0. The Balaban J connectivity index is 2.57. The first-order valence-corrected chi connectivity index (χ1v) is 6.57. The van der Waals surface area contributed by atoms with Gasteiger partial charge in [0.2, 0.25) is 0 Å². The first-order valence-electron chi connectivity index (χ1n) is 6.57. The molecule has 22 heavy (non-hydrogen) atoms. The quantitative estimate of drug-likeness (QED) is 0.374. The van der Waals surface area contributed by atoms with Crippen molar-refractivity contribution in [3.05, 3.63) is 35.4 Å². The summed E-state index contributed by atoms with van der Waals surface area (Å²) in [6.45, 7) is 5.30. The Morgan fingerprint density at radius 1 is 1.09 bits per heavy atom. The highest BCUT2D eigenvalue weighted by Crippen LogP contribution is 2.03. The highest BCUT2D eigenvalue weighted by molar-refractivity contribution is 6.35. The number of methoxy groups -OCH3 is 1. The smallest absolute Gasteiger partial charge is 0.337 e. The van der Waals surface area contributed by atoms with Gasteiger partial charge in [0, 0.05) is 5.54 Å². The molecular formula is C15H19N3O4. The molecule has 0 aromatic heterocycles. The summed E-state index contributed by atoms with van der Waals surface area (Å²) in [6.07, 6.45) is 1.36. The van der Waals surface area contributed by atoms with Gasteiger partial charge >= 0.3 is 17.8 Å². The minimum absolute atomic E-state index is 0.410. The molecule has 0 radical (unpaired) electrons. The van der Waals surface area contributed by atoms with Gasteiger partial charge in [-0.2, -0.15) is 5.10 Å². The number of carbonyl (C=O) groups is 3. The normalized spacial score (nSPS) is 11.1. The molecule has 1 aromatic rings. The van der Waals surface area contributed by atoms with Gasteiger partial charge in [0.05, 0.1) is 18.9 Å². The Morgan fingerprint density at radius 2 is 1.68 bits per heavy atom. The van der Waals surface area contributed by atoms with E-state index in [0.29, 0.717) is 11.1 Å². The molecule has 0 aliphatic carbocycles. The van der Waals surface area contributed by atoms with Crippen LogP contribution in [0.1, 0.15) is 36.7 Å². The zero-order chi connectivity index (χ0) is 16.8. The summed E-state index contributed by atoms with van der Waals surface area (Å²) in [7, 11) is 1.30. The number of carbonyl (C=O) groups excluding carboxylic acids is 3. The Kier molecular flexibility index (Phi) is 5.80. The fourth-order valence-electron chi connectivity index (χ4n) is 1.44. The number of nitrogens with zero attached hydrogens (tertiary/aromatic N) is 1. The molecular weight excluding hydrogens is 286 g/mol. The van der Waals surface area contributed by atoms with Gasteiger partial charge in [-0.3, -0.25) is 9.59 Å². The van der Waals surface area contributed by atoms with E-state index in [1.807, 2.05) is 0 Å². The van der Waals surface area contributed by atoms with Gasteiger partial charge in [0.1, 0.15) is 0 Å². The van der Waals surface area contributed by atoms with E-state index < -0.39 is 23.3 Å². The number of nitrogens with one attached hydrogen (secondary N) is 2. The maximum absolute atomic E-state index is 11.5. The molecule has 7 nitrogen and oxygen atoms in total. The van der Waals surface area contributed by atoms with E-state index >= 15 is 0 Å². The molecule has 0 heterocycles. The topological polar surface area (TPSA) is 96.9 Å². The summed E-state index contributed by atoms with van der Waals surface area (Å²) in [5.41, 5.74) is 2.70. The zero-order valence-corrected chi connectivity index (χ0v) is 13.0. The van der Waals surface area contributed by atoms with E-state index in [9.17, 15) is 14.4 Å². The predicted octanol–water partition coefficient (Wildman–Crippen LogP) is 0.838. The number of benzene rings is 1. The maximum Gasteiger partial charge on any atom is 0.337 e. The summed E-state index contributed by atoms with van der Waals surface area (Å²) in [4.78, 5) is 34.3. The lowest BCUT2D eigenvalue weighted by atomic mass is 10.1. The van der Waals surface area contributed by atoms with Crippen molar-refractivity contribution in [1.29, 1.82) is 0 Å². The Labute approximate surface area is 128 Å². The highest BCUT2D eigenvalue weighted by Gasteiger charge is 2.19. The van der Waals surface area contributed by atoms with E-state index in [-0.39, 0.29) is 0 Å². The molecule has 0 saturated carbocycles. The van der Waals surface area contributed by atoms with Crippen molar-refractivity contribution in [3.63, 3.8) is 0 Å². The van der Waals surface area contributed by atoms with Crippen LogP contribution in [-0.4, -0.2) is 36.6 Å².